The summed E-state index contributed by atoms with van der Waals surface area (Å²) in [5.74, 6) is -1.60. The zero-order valence-electron chi connectivity index (χ0n) is 13.9. The van der Waals surface area contributed by atoms with Gasteiger partial charge in [0.05, 0.1) is 5.56 Å². The number of hydrogen-bond acceptors (Lipinski definition) is 3. The molecule has 4 rings (SSSR count). The second kappa shape index (κ2) is 6.48. The molecule has 1 saturated heterocycles. The maximum Gasteiger partial charge on any atom is 0.293 e. The van der Waals surface area contributed by atoms with Crippen LogP contribution in [0.1, 0.15) is 16.8 Å². The van der Waals surface area contributed by atoms with Gasteiger partial charge in [-0.15, -0.1) is 0 Å². The first-order valence-electron chi connectivity index (χ1n) is 8.43. The third kappa shape index (κ3) is 2.75. The summed E-state index contributed by atoms with van der Waals surface area (Å²) in [6.45, 7) is 0.509. The number of para-hydroxylation sites is 2. The summed E-state index contributed by atoms with van der Waals surface area (Å²) in [6.07, 6.45) is 2.00. The highest BCUT2D eigenvalue weighted by atomic mass is 16.2. The summed E-state index contributed by atoms with van der Waals surface area (Å²) in [7, 11) is 0. The number of rotatable bonds is 4. The molecule has 26 heavy (non-hydrogen) atoms. The van der Waals surface area contributed by atoms with Gasteiger partial charge in [-0.2, -0.15) is 0 Å². The largest absolute Gasteiger partial charge is 0.360 e. The lowest BCUT2D eigenvalue weighted by atomic mass is 10.1. The number of anilines is 1. The molecule has 1 unspecified atom stereocenters. The Kier molecular flexibility index (Phi) is 4.01. The fourth-order valence-electron chi connectivity index (χ4n) is 3.28. The Labute approximate surface area is 149 Å². The van der Waals surface area contributed by atoms with E-state index in [-0.39, 0.29) is 5.91 Å². The molecule has 3 aromatic rings. The van der Waals surface area contributed by atoms with Crippen LogP contribution in [-0.4, -0.2) is 35.2 Å². The zero-order chi connectivity index (χ0) is 18.1. The highest BCUT2D eigenvalue weighted by molar-refractivity contribution is 6.45. The second-order valence-corrected chi connectivity index (χ2v) is 6.22. The first kappa shape index (κ1) is 16.1. The summed E-state index contributed by atoms with van der Waals surface area (Å²) in [4.78, 5) is 42.1. The van der Waals surface area contributed by atoms with Gasteiger partial charge in [-0.1, -0.05) is 36.4 Å². The van der Waals surface area contributed by atoms with Crippen molar-refractivity contribution in [1.82, 2.24) is 10.3 Å². The van der Waals surface area contributed by atoms with Crippen molar-refractivity contribution in [2.75, 3.05) is 11.4 Å². The average Bonchev–Trinajstić information content (AvgIpc) is 3.26. The van der Waals surface area contributed by atoms with Crippen molar-refractivity contribution in [2.45, 2.75) is 12.5 Å². The van der Waals surface area contributed by atoms with Crippen LogP contribution in [-0.2, 0) is 9.59 Å². The van der Waals surface area contributed by atoms with Gasteiger partial charge in [0.1, 0.15) is 6.04 Å². The molecule has 0 radical (unpaired) electrons. The lowest BCUT2D eigenvalue weighted by Gasteiger charge is -2.17. The second-order valence-electron chi connectivity index (χ2n) is 6.22. The molecule has 0 bridgehead atoms. The summed E-state index contributed by atoms with van der Waals surface area (Å²) in [5.41, 5.74) is 1.89. The van der Waals surface area contributed by atoms with Gasteiger partial charge >= 0.3 is 0 Å². The van der Waals surface area contributed by atoms with Crippen LogP contribution in [0.2, 0.25) is 0 Å². The first-order valence-corrected chi connectivity index (χ1v) is 8.43. The van der Waals surface area contributed by atoms with E-state index in [9.17, 15) is 14.4 Å². The Bertz CT molecular complexity index is 994. The lowest BCUT2D eigenvalue weighted by Crippen LogP contribution is -2.44. The van der Waals surface area contributed by atoms with Crippen molar-refractivity contribution in [2.24, 2.45) is 0 Å². The van der Waals surface area contributed by atoms with Gasteiger partial charge in [-0.25, -0.2) is 0 Å². The Morgan fingerprint density at radius 3 is 2.58 bits per heavy atom. The molecule has 1 aliphatic heterocycles. The van der Waals surface area contributed by atoms with Crippen molar-refractivity contribution >= 4 is 34.2 Å². The molecule has 2 N–H and O–H groups in total. The smallest absolute Gasteiger partial charge is 0.293 e. The van der Waals surface area contributed by atoms with Crippen LogP contribution in [0.5, 0.6) is 0 Å². The third-order valence-electron chi connectivity index (χ3n) is 4.62. The molecule has 0 saturated carbocycles. The molecule has 2 aromatic carbocycles. The number of hydrogen-bond donors (Lipinski definition) is 2. The van der Waals surface area contributed by atoms with Gasteiger partial charge in [0.25, 0.3) is 11.7 Å². The predicted molar refractivity (Wildman–Crippen MR) is 98.0 cm³/mol. The number of H-pyrrole nitrogens is 1. The molecule has 1 aromatic heterocycles. The molecule has 130 valence electrons. The number of aromatic nitrogens is 1. The summed E-state index contributed by atoms with van der Waals surface area (Å²) in [5, 5.41) is 3.28. The van der Waals surface area contributed by atoms with Crippen LogP contribution in [0, 0.1) is 0 Å². The maximum atomic E-state index is 12.6. The van der Waals surface area contributed by atoms with E-state index in [0.717, 1.165) is 11.2 Å². The van der Waals surface area contributed by atoms with Crippen molar-refractivity contribution in [3.05, 3.63) is 66.4 Å². The highest BCUT2D eigenvalue weighted by Gasteiger charge is 2.35. The van der Waals surface area contributed by atoms with Gasteiger partial charge in [0.15, 0.2) is 0 Å². The molecule has 2 amide bonds. The van der Waals surface area contributed by atoms with E-state index in [1.807, 2.05) is 48.5 Å². The van der Waals surface area contributed by atoms with Crippen LogP contribution < -0.4 is 10.2 Å². The fourth-order valence-corrected chi connectivity index (χ4v) is 3.28. The number of fused-ring (bicyclic) bond motifs is 1. The van der Waals surface area contributed by atoms with Crippen LogP contribution in [0.4, 0.5) is 5.69 Å². The standard InChI is InChI=1S/C20H17N3O3/c24-18(15-12-21-16-9-5-4-8-14(15)16)19(25)22-17-10-11-23(20(17)26)13-6-2-1-3-7-13/h1-9,12,17,21H,10-11H2,(H,22,25). The highest BCUT2D eigenvalue weighted by Crippen LogP contribution is 2.22. The summed E-state index contributed by atoms with van der Waals surface area (Å²) < 4.78 is 0. The minimum atomic E-state index is -0.761. The predicted octanol–water partition coefficient (Wildman–Crippen LogP) is 2.27. The number of aromatic amines is 1. The Morgan fingerprint density at radius 2 is 1.77 bits per heavy atom. The van der Waals surface area contributed by atoms with Crippen molar-refractivity contribution in [1.29, 1.82) is 0 Å². The molecule has 1 fully saturated rings. The van der Waals surface area contributed by atoms with E-state index in [4.69, 9.17) is 0 Å². The molecule has 6 nitrogen and oxygen atoms in total. The molecule has 0 spiro atoms. The third-order valence-corrected chi connectivity index (χ3v) is 4.62. The molecule has 6 heteroatoms. The van der Waals surface area contributed by atoms with Gasteiger partial charge < -0.3 is 15.2 Å². The number of carbonyl (C=O) groups is 3. The number of amides is 2. The van der Waals surface area contributed by atoms with E-state index in [1.165, 1.54) is 6.20 Å². The number of nitrogens with one attached hydrogen (secondary N) is 2. The number of benzene rings is 2. The molecule has 0 aliphatic carbocycles. The fraction of sp³-hybridized carbons (Fsp3) is 0.150. The van der Waals surface area contributed by atoms with E-state index >= 15 is 0 Å². The number of nitrogens with zero attached hydrogens (tertiary/aromatic N) is 1. The zero-order valence-corrected chi connectivity index (χ0v) is 13.9. The van der Waals surface area contributed by atoms with Gasteiger partial charge in [-0.3, -0.25) is 14.4 Å². The van der Waals surface area contributed by atoms with Crippen LogP contribution in [0.25, 0.3) is 10.9 Å². The molecular formula is C20H17N3O3. The first-order chi connectivity index (χ1) is 12.6. The van der Waals surface area contributed by atoms with E-state index in [2.05, 4.69) is 10.3 Å². The molecule has 2 heterocycles. The quantitative estimate of drug-likeness (QED) is 0.561. The minimum Gasteiger partial charge on any atom is -0.360 e. The van der Waals surface area contributed by atoms with E-state index < -0.39 is 17.7 Å². The van der Waals surface area contributed by atoms with E-state index in [1.54, 1.807) is 11.0 Å². The lowest BCUT2D eigenvalue weighted by molar-refractivity contribution is -0.124. The Balaban J connectivity index is 1.48. The van der Waals surface area contributed by atoms with Crippen molar-refractivity contribution in [3.63, 3.8) is 0 Å². The molecule has 1 atom stereocenters. The topological polar surface area (TPSA) is 82.3 Å². The normalized spacial score (nSPS) is 16.8. The number of Topliss-reactive ketones (excluding diaryl/α,β-unsaturated/α-hetero) is 1. The molecular weight excluding hydrogens is 330 g/mol. The minimum absolute atomic E-state index is 0.198. The number of carbonyl (C=O) groups excluding carboxylic acids is 3. The maximum absolute atomic E-state index is 12.6. The van der Waals surface area contributed by atoms with Gasteiger partial charge in [0, 0.05) is 29.3 Å². The average molecular weight is 347 g/mol. The van der Waals surface area contributed by atoms with Crippen molar-refractivity contribution in [3.8, 4) is 0 Å². The van der Waals surface area contributed by atoms with Crippen LogP contribution in [0.15, 0.2) is 60.8 Å². The van der Waals surface area contributed by atoms with Gasteiger partial charge in [-0.05, 0) is 24.6 Å². The number of ketones is 1. The van der Waals surface area contributed by atoms with E-state index in [0.29, 0.717) is 23.9 Å². The summed E-state index contributed by atoms with van der Waals surface area (Å²) >= 11 is 0. The monoisotopic (exact) mass is 347 g/mol. The SMILES string of the molecule is O=C(NC1CCN(c2ccccc2)C1=O)C(=O)c1c[nH]c2ccccc12. The van der Waals surface area contributed by atoms with Crippen molar-refractivity contribution < 1.29 is 14.4 Å². The van der Waals surface area contributed by atoms with Crippen LogP contribution >= 0.6 is 0 Å². The molecule has 1 aliphatic rings. The summed E-state index contributed by atoms with van der Waals surface area (Å²) in [6, 6.07) is 15.9. The Morgan fingerprint density at radius 1 is 1.04 bits per heavy atom. The van der Waals surface area contributed by atoms with Gasteiger partial charge in [0.2, 0.25) is 5.91 Å². The van der Waals surface area contributed by atoms with Crippen LogP contribution in [0.3, 0.4) is 0 Å². The Hall–Kier alpha value is -3.41.